The van der Waals surface area contributed by atoms with E-state index in [2.05, 4.69) is 4.74 Å². The number of rotatable bonds is 1. The standard InChI is InChI=1S/C9H3F3N2O/c10-9(11,12)15-8-6(4-13)2-1-3-7(8)5-14/h1-3H. The van der Waals surface area contributed by atoms with Crippen LogP contribution < -0.4 is 4.74 Å². The maximum Gasteiger partial charge on any atom is 0.573 e. The van der Waals surface area contributed by atoms with Crippen molar-refractivity contribution in [1.29, 1.82) is 10.5 Å². The van der Waals surface area contributed by atoms with E-state index in [1.807, 2.05) is 0 Å². The SMILES string of the molecule is N#Cc1cccc(C#N)c1OC(F)(F)F. The molecule has 0 N–H and O–H groups in total. The van der Waals surface area contributed by atoms with Crippen molar-refractivity contribution in [2.24, 2.45) is 0 Å². The molecule has 1 rings (SSSR count). The lowest BCUT2D eigenvalue weighted by atomic mass is 10.1. The Morgan fingerprint density at radius 3 is 1.87 bits per heavy atom. The Kier molecular flexibility index (Phi) is 2.82. The molecule has 0 unspecified atom stereocenters. The first kappa shape index (κ1) is 10.9. The summed E-state index contributed by atoms with van der Waals surface area (Å²) in [6, 6.07) is 6.62. The van der Waals surface area contributed by atoms with Crippen molar-refractivity contribution in [3.8, 4) is 17.9 Å². The van der Waals surface area contributed by atoms with Crippen molar-refractivity contribution in [2.45, 2.75) is 6.36 Å². The predicted octanol–water partition coefficient (Wildman–Crippen LogP) is 2.33. The van der Waals surface area contributed by atoms with Crippen LogP contribution in [-0.4, -0.2) is 6.36 Å². The largest absolute Gasteiger partial charge is 0.573 e. The zero-order chi connectivity index (χ0) is 11.5. The molecule has 3 nitrogen and oxygen atoms in total. The molecule has 0 amide bonds. The first-order valence-corrected chi connectivity index (χ1v) is 3.67. The molecule has 6 heteroatoms. The van der Waals surface area contributed by atoms with Crippen LogP contribution in [0.5, 0.6) is 5.75 Å². The zero-order valence-corrected chi connectivity index (χ0v) is 7.17. The van der Waals surface area contributed by atoms with E-state index < -0.39 is 12.1 Å². The van der Waals surface area contributed by atoms with Gasteiger partial charge in [0.1, 0.15) is 12.1 Å². The molecule has 0 aliphatic carbocycles. The molecule has 15 heavy (non-hydrogen) atoms. The Morgan fingerprint density at radius 2 is 1.53 bits per heavy atom. The number of alkyl halides is 3. The van der Waals surface area contributed by atoms with Crippen LogP contribution in [0.2, 0.25) is 0 Å². The summed E-state index contributed by atoms with van der Waals surface area (Å²) in [5.74, 6) is -0.755. The third-order valence-corrected chi connectivity index (χ3v) is 1.47. The monoisotopic (exact) mass is 212 g/mol. The number of hydrogen-bond acceptors (Lipinski definition) is 3. The maximum absolute atomic E-state index is 11.9. The minimum atomic E-state index is -4.92. The molecule has 0 heterocycles. The van der Waals surface area contributed by atoms with Crippen molar-refractivity contribution in [1.82, 2.24) is 0 Å². The van der Waals surface area contributed by atoms with Crippen LogP contribution in [0.15, 0.2) is 18.2 Å². The minimum Gasteiger partial charge on any atom is -0.403 e. The summed E-state index contributed by atoms with van der Waals surface area (Å²) >= 11 is 0. The average Bonchev–Trinajstić information content (AvgIpc) is 2.16. The van der Waals surface area contributed by atoms with Gasteiger partial charge in [-0.1, -0.05) is 6.07 Å². The number of nitriles is 2. The lowest BCUT2D eigenvalue weighted by Crippen LogP contribution is -2.18. The number of halogens is 3. The summed E-state index contributed by atoms with van der Waals surface area (Å²) < 4.78 is 39.4. The minimum absolute atomic E-state index is 0.327. The topological polar surface area (TPSA) is 56.8 Å². The number of nitrogens with zero attached hydrogens (tertiary/aromatic N) is 2. The lowest BCUT2D eigenvalue weighted by Gasteiger charge is -2.10. The van der Waals surface area contributed by atoms with Crippen molar-refractivity contribution in [3.05, 3.63) is 29.3 Å². The van der Waals surface area contributed by atoms with Crippen LogP contribution in [-0.2, 0) is 0 Å². The van der Waals surface area contributed by atoms with Gasteiger partial charge in [0, 0.05) is 0 Å². The van der Waals surface area contributed by atoms with Crippen molar-refractivity contribution in [2.75, 3.05) is 0 Å². The number of para-hydroxylation sites is 1. The second kappa shape index (κ2) is 3.89. The van der Waals surface area contributed by atoms with E-state index in [0.717, 1.165) is 12.1 Å². The second-order valence-corrected chi connectivity index (χ2v) is 2.45. The summed E-state index contributed by atoms with van der Waals surface area (Å²) in [6.07, 6.45) is -4.92. The molecular formula is C9H3F3N2O. The molecule has 0 aromatic heterocycles. The molecule has 0 aliphatic rings. The van der Waals surface area contributed by atoms with E-state index in [0.29, 0.717) is 0 Å². The normalized spacial score (nSPS) is 10.2. The smallest absolute Gasteiger partial charge is 0.403 e. The average molecular weight is 212 g/mol. The van der Waals surface area contributed by atoms with Gasteiger partial charge < -0.3 is 4.74 Å². The van der Waals surface area contributed by atoms with Crippen molar-refractivity contribution in [3.63, 3.8) is 0 Å². The molecule has 1 aromatic rings. The molecule has 0 aliphatic heterocycles. The number of benzene rings is 1. The van der Waals surface area contributed by atoms with Gasteiger partial charge in [0.05, 0.1) is 11.1 Å². The summed E-state index contributed by atoms with van der Waals surface area (Å²) in [5, 5.41) is 17.1. The fourth-order valence-corrected chi connectivity index (χ4v) is 0.939. The van der Waals surface area contributed by atoms with Crippen molar-refractivity contribution < 1.29 is 17.9 Å². The Morgan fingerprint density at radius 1 is 1.07 bits per heavy atom. The summed E-state index contributed by atoms with van der Waals surface area (Å²) in [5.41, 5.74) is -0.655. The first-order chi connectivity index (χ1) is 6.98. The Balaban J connectivity index is 3.26. The van der Waals surface area contributed by atoms with E-state index >= 15 is 0 Å². The van der Waals surface area contributed by atoms with Crippen LogP contribution in [0.1, 0.15) is 11.1 Å². The van der Waals surface area contributed by atoms with Crippen LogP contribution in [0.4, 0.5) is 13.2 Å². The summed E-state index contributed by atoms with van der Waals surface area (Å²) in [6.45, 7) is 0. The quantitative estimate of drug-likeness (QED) is 0.717. The number of ether oxygens (including phenoxy) is 1. The second-order valence-electron chi connectivity index (χ2n) is 2.45. The highest BCUT2D eigenvalue weighted by Crippen LogP contribution is 2.29. The van der Waals surface area contributed by atoms with Gasteiger partial charge in [-0.25, -0.2) is 0 Å². The first-order valence-electron chi connectivity index (χ1n) is 3.67. The molecule has 0 atom stereocenters. The summed E-state index contributed by atoms with van der Waals surface area (Å²) in [7, 11) is 0. The maximum atomic E-state index is 11.9. The van der Waals surface area contributed by atoms with Crippen LogP contribution >= 0.6 is 0 Å². The molecule has 0 fully saturated rings. The van der Waals surface area contributed by atoms with E-state index in [1.54, 1.807) is 0 Å². The van der Waals surface area contributed by atoms with Gasteiger partial charge in [-0.15, -0.1) is 13.2 Å². The molecule has 0 radical (unpaired) electrons. The molecule has 0 saturated carbocycles. The fraction of sp³-hybridized carbons (Fsp3) is 0.111. The third kappa shape index (κ3) is 2.61. The van der Waals surface area contributed by atoms with E-state index in [9.17, 15) is 13.2 Å². The van der Waals surface area contributed by atoms with Gasteiger partial charge >= 0.3 is 6.36 Å². The van der Waals surface area contributed by atoms with E-state index in [4.69, 9.17) is 10.5 Å². The Hall–Kier alpha value is -2.21. The highest BCUT2D eigenvalue weighted by Gasteiger charge is 2.33. The fourth-order valence-electron chi connectivity index (χ4n) is 0.939. The molecule has 0 spiro atoms. The van der Waals surface area contributed by atoms with Gasteiger partial charge in [0.15, 0.2) is 5.75 Å². The van der Waals surface area contributed by atoms with Crippen LogP contribution in [0, 0.1) is 22.7 Å². The zero-order valence-electron chi connectivity index (χ0n) is 7.17. The lowest BCUT2D eigenvalue weighted by molar-refractivity contribution is -0.274. The van der Waals surface area contributed by atoms with Gasteiger partial charge in [-0.05, 0) is 12.1 Å². The van der Waals surface area contributed by atoms with Crippen LogP contribution in [0.25, 0.3) is 0 Å². The van der Waals surface area contributed by atoms with Gasteiger partial charge in [-0.2, -0.15) is 10.5 Å². The van der Waals surface area contributed by atoms with E-state index in [-0.39, 0.29) is 11.1 Å². The third-order valence-electron chi connectivity index (χ3n) is 1.47. The van der Waals surface area contributed by atoms with Gasteiger partial charge in [0.25, 0.3) is 0 Å². The highest BCUT2D eigenvalue weighted by molar-refractivity contribution is 5.53. The van der Waals surface area contributed by atoms with E-state index in [1.165, 1.54) is 18.2 Å². The Labute approximate surface area is 82.9 Å². The molecule has 0 saturated heterocycles. The Bertz CT molecular complexity index is 422. The molecular weight excluding hydrogens is 209 g/mol. The highest BCUT2D eigenvalue weighted by atomic mass is 19.4. The van der Waals surface area contributed by atoms with Crippen molar-refractivity contribution >= 4 is 0 Å². The summed E-state index contributed by atoms with van der Waals surface area (Å²) in [4.78, 5) is 0. The molecule has 0 bridgehead atoms. The number of hydrogen-bond donors (Lipinski definition) is 0. The van der Waals surface area contributed by atoms with Gasteiger partial charge in [-0.3, -0.25) is 0 Å². The molecule has 76 valence electrons. The molecule has 1 aromatic carbocycles. The van der Waals surface area contributed by atoms with Gasteiger partial charge in [0.2, 0.25) is 0 Å². The predicted molar refractivity (Wildman–Crippen MR) is 42.6 cm³/mol. The van der Waals surface area contributed by atoms with Crippen LogP contribution in [0.3, 0.4) is 0 Å².